The molecule has 0 aliphatic carbocycles. The highest BCUT2D eigenvalue weighted by Crippen LogP contribution is 2.15. The summed E-state index contributed by atoms with van der Waals surface area (Å²) < 4.78 is 16.7. The lowest BCUT2D eigenvalue weighted by Gasteiger charge is -2.18. The molecular formula is C46H86O6. The average Bonchev–Trinajstić information content (AvgIpc) is 3.14. The molecule has 52 heavy (non-hydrogen) atoms. The molecule has 0 aromatic rings. The number of esters is 3. The number of hydrogen-bond donors (Lipinski definition) is 0. The first-order chi connectivity index (χ1) is 25.5. The van der Waals surface area contributed by atoms with Gasteiger partial charge in [-0.1, -0.05) is 200 Å². The Morgan fingerprint density at radius 1 is 0.365 bits per heavy atom. The van der Waals surface area contributed by atoms with Gasteiger partial charge in [-0.3, -0.25) is 14.4 Å². The predicted octanol–water partition coefficient (Wildman–Crippen LogP) is 14.3. The lowest BCUT2D eigenvalue weighted by Crippen LogP contribution is -2.30. The smallest absolute Gasteiger partial charge is 0.306 e. The molecule has 6 heteroatoms. The van der Waals surface area contributed by atoms with Gasteiger partial charge >= 0.3 is 17.9 Å². The van der Waals surface area contributed by atoms with E-state index in [2.05, 4.69) is 32.9 Å². The topological polar surface area (TPSA) is 78.9 Å². The summed E-state index contributed by atoms with van der Waals surface area (Å²) >= 11 is 0. The van der Waals surface area contributed by atoms with Gasteiger partial charge in [-0.2, -0.15) is 0 Å². The average molecular weight is 735 g/mol. The zero-order valence-corrected chi connectivity index (χ0v) is 34.8. The summed E-state index contributed by atoms with van der Waals surface area (Å²) in [6, 6.07) is 0. The summed E-state index contributed by atoms with van der Waals surface area (Å²) in [4.78, 5) is 37.6. The van der Waals surface area contributed by atoms with Crippen molar-refractivity contribution in [3.05, 3.63) is 12.2 Å². The maximum atomic E-state index is 12.7. The Morgan fingerprint density at radius 2 is 0.673 bits per heavy atom. The van der Waals surface area contributed by atoms with E-state index in [0.717, 1.165) is 70.6 Å². The molecule has 0 saturated heterocycles. The van der Waals surface area contributed by atoms with Gasteiger partial charge in [-0.25, -0.2) is 0 Å². The van der Waals surface area contributed by atoms with Crippen molar-refractivity contribution in [3.63, 3.8) is 0 Å². The molecule has 0 fully saturated rings. The molecule has 0 amide bonds. The summed E-state index contributed by atoms with van der Waals surface area (Å²) in [5.74, 6) is -0.872. The van der Waals surface area contributed by atoms with E-state index < -0.39 is 6.10 Å². The number of ether oxygens (including phenoxy) is 3. The summed E-state index contributed by atoms with van der Waals surface area (Å²) in [5.41, 5.74) is 0. The molecule has 0 bridgehead atoms. The fourth-order valence-electron chi connectivity index (χ4n) is 6.56. The van der Waals surface area contributed by atoms with Crippen LogP contribution in [0.5, 0.6) is 0 Å². The Labute approximate surface area is 322 Å². The Morgan fingerprint density at radius 3 is 1.04 bits per heavy atom. The molecule has 1 atom stereocenters. The number of carbonyl (C=O) groups excluding carboxylic acids is 3. The molecule has 0 aromatic heterocycles. The molecule has 0 aliphatic heterocycles. The van der Waals surface area contributed by atoms with Crippen LogP contribution in [-0.4, -0.2) is 37.2 Å². The minimum Gasteiger partial charge on any atom is -0.462 e. The number of hydrogen-bond acceptors (Lipinski definition) is 6. The molecule has 6 nitrogen and oxygen atoms in total. The van der Waals surface area contributed by atoms with E-state index in [-0.39, 0.29) is 31.1 Å². The van der Waals surface area contributed by atoms with Crippen molar-refractivity contribution < 1.29 is 28.6 Å². The molecule has 1 unspecified atom stereocenters. The highest BCUT2D eigenvalue weighted by atomic mass is 16.6. The lowest BCUT2D eigenvalue weighted by molar-refractivity contribution is -0.167. The maximum Gasteiger partial charge on any atom is 0.306 e. The molecule has 0 radical (unpaired) electrons. The molecule has 0 spiro atoms. The molecule has 0 N–H and O–H groups in total. The van der Waals surface area contributed by atoms with Crippen LogP contribution in [0.15, 0.2) is 12.2 Å². The first-order valence-corrected chi connectivity index (χ1v) is 22.7. The molecule has 306 valence electrons. The Balaban J connectivity index is 4.33. The third-order valence-corrected chi connectivity index (χ3v) is 10.0. The zero-order valence-electron chi connectivity index (χ0n) is 34.8. The molecule has 0 aromatic carbocycles. The van der Waals surface area contributed by atoms with Gasteiger partial charge in [0, 0.05) is 19.3 Å². The minimum absolute atomic E-state index is 0.0682. The van der Waals surface area contributed by atoms with Gasteiger partial charge in [-0.05, 0) is 38.5 Å². The quantitative estimate of drug-likeness (QED) is 0.0269. The summed E-state index contributed by atoms with van der Waals surface area (Å²) in [6.07, 6.45) is 43.3. The summed E-state index contributed by atoms with van der Waals surface area (Å²) in [6.45, 7) is 6.57. The Bertz CT molecular complexity index is 809. The van der Waals surface area contributed by atoms with Crippen molar-refractivity contribution in [2.24, 2.45) is 0 Å². The van der Waals surface area contributed by atoms with Gasteiger partial charge in [0.25, 0.3) is 0 Å². The predicted molar refractivity (Wildman–Crippen MR) is 220 cm³/mol. The molecule has 0 saturated carbocycles. The normalized spacial score (nSPS) is 12.0. The first kappa shape index (κ1) is 50.1. The van der Waals surface area contributed by atoms with E-state index >= 15 is 0 Å². The molecule has 0 aliphatic rings. The second kappa shape index (κ2) is 41.9. The van der Waals surface area contributed by atoms with Crippen LogP contribution in [0.4, 0.5) is 0 Å². The number of unbranched alkanes of at least 4 members (excludes halogenated alkanes) is 28. The van der Waals surface area contributed by atoms with Crippen molar-refractivity contribution in [1.29, 1.82) is 0 Å². The van der Waals surface area contributed by atoms with Gasteiger partial charge in [0.05, 0.1) is 0 Å². The Hall–Kier alpha value is -1.85. The van der Waals surface area contributed by atoms with Gasteiger partial charge < -0.3 is 14.2 Å². The second-order valence-electron chi connectivity index (χ2n) is 15.3. The van der Waals surface area contributed by atoms with Crippen molar-refractivity contribution in [2.75, 3.05) is 13.2 Å². The van der Waals surface area contributed by atoms with E-state index in [9.17, 15) is 14.4 Å². The van der Waals surface area contributed by atoms with Crippen LogP contribution in [0.2, 0.25) is 0 Å². The number of allylic oxidation sites excluding steroid dienone is 2. The number of carbonyl (C=O) groups is 3. The lowest BCUT2D eigenvalue weighted by atomic mass is 10.0. The fourth-order valence-corrected chi connectivity index (χ4v) is 6.56. The third-order valence-electron chi connectivity index (χ3n) is 10.0. The van der Waals surface area contributed by atoms with Crippen LogP contribution < -0.4 is 0 Å². The van der Waals surface area contributed by atoms with Crippen molar-refractivity contribution in [1.82, 2.24) is 0 Å². The van der Waals surface area contributed by atoms with Crippen molar-refractivity contribution >= 4 is 17.9 Å². The highest BCUT2D eigenvalue weighted by molar-refractivity contribution is 5.71. The van der Waals surface area contributed by atoms with E-state index in [1.165, 1.54) is 135 Å². The third kappa shape index (κ3) is 39.4. The highest BCUT2D eigenvalue weighted by Gasteiger charge is 2.19. The van der Waals surface area contributed by atoms with Gasteiger partial charge in [-0.15, -0.1) is 0 Å². The SMILES string of the molecule is CCC/C=C\CCCCCCCC(=O)OCC(COC(=O)CCCCCCCCCCCCCCC)OC(=O)CCCCCCCCCCCCC. The van der Waals surface area contributed by atoms with Crippen molar-refractivity contribution in [2.45, 2.75) is 252 Å². The van der Waals surface area contributed by atoms with E-state index in [4.69, 9.17) is 14.2 Å². The second-order valence-corrected chi connectivity index (χ2v) is 15.3. The Kier molecular flexibility index (Phi) is 40.4. The van der Waals surface area contributed by atoms with E-state index in [1.807, 2.05) is 0 Å². The fraction of sp³-hybridized carbons (Fsp3) is 0.891. The van der Waals surface area contributed by atoms with Gasteiger partial charge in [0.2, 0.25) is 0 Å². The van der Waals surface area contributed by atoms with Crippen LogP contribution in [0, 0.1) is 0 Å². The summed E-state index contributed by atoms with van der Waals surface area (Å²) in [5, 5.41) is 0. The zero-order chi connectivity index (χ0) is 38.0. The van der Waals surface area contributed by atoms with Gasteiger partial charge in [0.15, 0.2) is 6.10 Å². The standard InChI is InChI=1S/C46H86O6/c1-4-7-10-13-16-19-22-23-25-27-30-33-36-39-45(48)51-42-43(41-50-44(47)38-35-32-29-26-21-18-15-12-9-6-3)52-46(49)40-37-34-31-28-24-20-17-14-11-8-5-2/h12,15,43H,4-11,13-14,16-42H2,1-3H3/b15-12-. The monoisotopic (exact) mass is 735 g/mol. The van der Waals surface area contributed by atoms with E-state index in [0.29, 0.717) is 19.3 Å². The van der Waals surface area contributed by atoms with E-state index in [1.54, 1.807) is 0 Å². The van der Waals surface area contributed by atoms with Gasteiger partial charge in [0.1, 0.15) is 13.2 Å². The van der Waals surface area contributed by atoms with Crippen LogP contribution in [0.1, 0.15) is 245 Å². The maximum absolute atomic E-state index is 12.7. The van der Waals surface area contributed by atoms with Crippen LogP contribution >= 0.6 is 0 Å². The minimum atomic E-state index is -0.763. The molecule has 0 rings (SSSR count). The molecular weight excluding hydrogens is 648 g/mol. The summed E-state index contributed by atoms with van der Waals surface area (Å²) in [7, 11) is 0. The van der Waals surface area contributed by atoms with Crippen LogP contribution in [0.25, 0.3) is 0 Å². The largest absolute Gasteiger partial charge is 0.462 e. The van der Waals surface area contributed by atoms with Crippen LogP contribution in [-0.2, 0) is 28.6 Å². The van der Waals surface area contributed by atoms with Crippen molar-refractivity contribution in [3.8, 4) is 0 Å². The number of rotatable bonds is 41. The van der Waals surface area contributed by atoms with Crippen LogP contribution in [0.3, 0.4) is 0 Å². The molecule has 0 heterocycles. The first-order valence-electron chi connectivity index (χ1n) is 22.7.